The fourth-order valence-electron chi connectivity index (χ4n) is 3.35. The maximum Gasteiger partial charge on any atom is 0.283 e. The first-order valence-electron chi connectivity index (χ1n) is 10.2. The summed E-state index contributed by atoms with van der Waals surface area (Å²) in [6, 6.07) is 22.7. The van der Waals surface area contributed by atoms with Gasteiger partial charge in [-0.2, -0.15) is 0 Å². The van der Waals surface area contributed by atoms with E-state index in [-0.39, 0.29) is 16.6 Å². The van der Waals surface area contributed by atoms with Crippen LogP contribution in [0.2, 0.25) is 5.02 Å². The second-order valence-electron chi connectivity index (χ2n) is 7.30. The largest absolute Gasteiger partial charge is 0.352 e. The van der Waals surface area contributed by atoms with Gasteiger partial charge in [0, 0.05) is 22.8 Å². The normalized spacial score (nSPS) is 13.5. The molecule has 3 aromatic rings. The monoisotopic (exact) mass is 479 g/mol. The van der Waals surface area contributed by atoms with Crippen molar-refractivity contribution in [2.75, 3.05) is 16.8 Å². The minimum absolute atomic E-state index is 0.0309. The van der Waals surface area contributed by atoms with Gasteiger partial charge in [-0.15, -0.1) is 0 Å². The molecule has 0 bridgehead atoms. The summed E-state index contributed by atoms with van der Waals surface area (Å²) in [7, 11) is 0. The topological polar surface area (TPSA) is 78.5 Å². The first kappa shape index (κ1) is 22.6. The predicted molar refractivity (Wildman–Crippen MR) is 129 cm³/mol. The van der Waals surface area contributed by atoms with Gasteiger partial charge in [0.05, 0.1) is 5.69 Å². The molecule has 8 heteroatoms. The number of rotatable bonds is 7. The third-order valence-corrected chi connectivity index (χ3v) is 5.67. The van der Waals surface area contributed by atoms with E-state index in [9.17, 15) is 14.4 Å². The Morgan fingerprint density at radius 1 is 0.818 bits per heavy atom. The Bertz CT molecular complexity index is 1220. The first-order valence-corrected chi connectivity index (χ1v) is 10.9. The number of imide groups is 1. The molecule has 166 valence electrons. The van der Waals surface area contributed by atoms with Crippen molar-refractivity contribution in [1.82, 2.24) is 5.32 Å². The molecule has 1 heterocycles. The number of nitrogens with zero attached hydrogens (tertiary/aromatic N) is 1. The molecule has 4 rings (SSSR count). The van der Waals surface area contributed by atoms with E-state index in [1.165, 1.54) is 0 Å². The summed E-state index contributed by atoms with van der Waals surface area (Å²) in [5.74, 6) is -1.40. The summed E-state index contributed by atoms with van der Waals surface area (Å²) in [6.07, 6.45) is 0.735. The summed E-state index contributed by atoms with van der Waals surface area (Å²) < 4.78 is 0. The van der Waals surface area contributed by atoms with Crippen LogP contribution in [0.4, 0.5) is 11.4 Å². The number of halogens is 2. The third kappa shape index (κ3) is 5.08. The molecule has 0 aromatic heterocycles. The van der Waals surface area contributed by atoms with E-state index < -0.39 is 11.8 Å². The minimum atomic E-state index is -0.624. The highest BCUT2D eigenvalue weighted by atomic mass is 35.5. The Morgan fingerprint density at radius 2 is 1.48 bits per heavy atom. The Balaban J connectivity index is 1.39. The highest BCUT2D eigenvalue weighted by Gasteiger charge is 2.38. The SMILES string of the molecule is O=C(NCCc1ccccc1)c1ccc(NC2=C(Cl)C(=O)N(c3ccc(Cl)cc3)C2=O)cc1. The van der Waals surface area contributed by atoms with Gasteiger partial charge in [0.2, 0.25) is 0 Å². The number of benzene rings is 3. The molecule has 3 aromatic carbocycles. The van der Waals surface area contributed by atoms with Crippen LogP contribution in [0.15, 0.2) is 89.6 Å². The third-order valence-electron chi connectivity index (χ3n) is 5.07. The Hall–Kier alpha value is -3.61. The number of hydrogen-bond donors (Lipinski definition) is 2. The Kier molecular flexibility index (Phi) is 6.77. The van der Waals surface area contributed by atoms with E-state index in [0.717, 1.165) is 16.9 Å². The average molecular weight is 480 g/mol. The van der Waals surface area contributed by atoms with Crippen LogP contribution in [-0.2, 0) is 16.0 Å². The van der Waals surface area contributed by atoms with Crippen molar-refractivity contribution in [3.05, 3.63) is 106 Å². The van der Waals surface area contributed by atoms with Gasteiger partial charge in [-0.25, -0.2) is 4.90 Å². The Morgan fingerprint density at radius 3 is 2.15 bits per heavy atom. The van der Waals surface area contributed by atoms with Crippen molar-refractivity contribution < 1.29 is 14.4 Å². The van der Waals surface area contributed by atoms with E-state index in [4.69, 9.17) is 23.2 Å². The average Bonchev–Trinajstić information content (AvgIpc) is 3.04. The van der Waals surface area contributed by atoms with Crippen molar-refractivity contribution >= 4 is 52.3 Å². The molecule has 0 aliphatic carbocycles. The molecule has 0 saturated carbocycles. The maximum absolute atomic E-state index is 12.8. The number of anilines is 2. The second-order valence-corrected chi connectivity index (χ2v) is 8.12. The van der Waals surface area contributed by atoms with Crippen molar-refractivity contribution in [1.29, 1.82) is 0 Å². The zero-order chi connectivity index (χ0) is 23.4. The molecular weight excluding hydrogens is 461 g/mol. The van der Waals surface area contributed by atoms with Gasteiger partial charge in [-0.05, 0) is 60.5 Å². The molecular formula is C25H19Cl2N3O3. The molecule has 0 atom stereocenters. The summed E-state index contributed by atoms with van der Waals surface area (Å²) in [5.41, 5.74) is 2.47. The molecule has 0 unspecified atom stereocenters. The first-order chi connectivity index (χ1) is 15.9. The van der Waals surface area contributed by atoms with Crippen LogP contribution in [0.5, 0.6) is 0 Å². The van der Waals surface area contributed by atoms with Crippen LogP contribution in [0.25, 0.3) is 0 Å². The van der Waals surface area contributed by atoms with E-state index in [1.807, 2.05) is 30.3 Å². The molecule has 0 spiro atoms. The van der Waals surface area contributed by atoms with Crippen molar-refractivity contribution in [3.8, 4) is 0 Å². The van der Waals surface area contributed by atoms with Crippen LogP contribution in [0, 0.1) is 0 Å². The zero-order valence-electron chi connectivity index (χ0n) is 17.3. The van der Waals surface area contributed by atoms with Gasteiger partial charge in [-0.1, -0.05) is 53.5 Å². The molecule has 2 N–H and O–H groups in total. The quantitative estimate of drug-likeness (QED) is 0.479. The molecule has 0 radical (unpaired) electrons. The predicted octanol–water partition coefficient (Wildman–Crippen LogP) is 4.75. The van der Waals surface area contributed by atoms with Crippen LogP contribution in [0.3, 0.4) is 0 Å². The lowest BCUT2D eigenvalue weighted by atomic mass is 10.1. The number of amides is 3. The van der Waals surface area contributed by atoms with Crippen molar-refractivity contribution in [2.24, 2.45) is 0 Å². The van der Waals surface area contributed by atoms with Crippen LogP contribution < -0.4 is 15.5 Å². The van der Waals surface area contributed by atoms with Crippen LogP contribution in [-0.4, -0.2) is 24.3 Å². The number of nitrogens with one attached hydrogen (secondary N) is 2. The van der Waals surface area contributed by atoms with Crippen molar-refractivity contribution in [3.63, 3.8) is 0 Å². The highest BCUT2D eigenvalue weighted by molar-refractivity contribution is 6.53. The molecule has 3 amide bonds. The number of hydrogen-bond acceptors (Lipinski definition) is 4. The zero-order valence-corrected chi connectivity index (χ0v) is 18.9. The van der Waals surface area contributed by atoms with Crippen LogP contribution in [0.1, 0.15) is 15.9 Å². The molecule has 6 nitrogen and oxygen atoms in total. The molecule has 33 heavy (non-hydrogen) atoms. The van der Waals surface area contributed by atoms with Crippen LogP contribution >= 0.6 is 23.2 Å². The lowest BCUT2D eigenvalue weighted by Gasteiger charge is -2.15. The molecule has 0 saturated heterocycles. The maximum atomic E-state index is 12.8. The minimum Gasteiger partial charge on any atom is -0.352 e. The second kappa shape index (κ2) is 9.90. The summed E-state index contributed by atoms with van der Waals surface area (Å²) in [6.45, 7) is 0.516. The standard InChI is InChI=1S/C25H19Cl2N3O3/c26-18-8-12-20(13-9-18)30-24(32)21(27)22(25(30)33)29-19-10-6-17(7-11-19)23(31)28-15-14-16-4-2-1-3-5-16/h1-13,29H,14-15H2,(H,28,31). The van der Waals surface area contributed by atoms with E-state index >= 15 is 0 Å². The van der Waals surface area contributed by atoms with Crippen molar-refractivity contribution in [2.45, 2.75) is 6.42 Å². The summed E-state index contributed by atoms with van der Waals surface area (Å²) >= 11 is 12.0. The smallest absolute Gasteiger partial charge is 0.283 e. The number of carbonyl (C=O) groups is 3. The lowest BCUT2D eigenvalue weighted by Crippen LogP contribution is -2.32. The molecule has 0 fully saturated rings. The number of carbonyl (C=O) groups excluding carboxylic acids is 3. The van der Waals surface area contributed by atoms with Gasteiger partial charge in [0.25, 0.3) is 17.7 Å². The van der Waals surface area contributed by atoms with Gasteiger partial charge < -0.3 is 10.6 Å². The van der Waals surface area contributed by atoms with E-state index in [0.29, 0.717) is 28.5 Å². The van der Waals surface area contributed by atoms with Gasteiger partial charge in [0.15, 0.2) is 0 Å². The summed E-state index contributed by atoms with van der Waals surface area (Å²) in [5, 5.41) is 6.05. The fraction of sp³-hybridized carbons (Fsp3) is 0.0800. The molecule has 1 aliphatic heterocycles. The van der Waals surface area contributed by atoms with Gasteiger partial charge in [-0.3, -0.25) is 14.4 Å². The summed E-state index contributed by atoms with van der Waals surface area (Å²) in [4.78, 5) is 38.7. The Labute approximate surface area is 200 Å². The lowest BCUT2D eigenvalue weighted by molar-refractivity contribution is -0.120. The highest BCUT2D eigenvalue weighted by Crippen LogP contribution is 2.30. The van der Waals surface area contributed by atoms with E-state index in [1.54, 1.807) is 48.5 Å². The van der Waals surface area contributed by atoms with E-state index in [2.05, 4.69) is 10.6 Å². The van der Waals surface area contributed by atoms with Gasteiger partial charge in [0.1, 0.15) is 10.7 Å². The molecule has 1 aliphatic rings. The fourth-order valence-corrected chi connectivity index (χ4v) is 3.69. The van der Waals surface area contributed by atoms with Gasteiger partial charge >= 0.3 is 0 Å².